The monoisotopic (exact) mass is 270 g/mol. The van der Waals surface area contributed by atoms with Crippen LogP contribution < -0.4 is 4.74 Å². The Morgan fingerprint density at radius 1 is 1.42 bits per heavy atom. The summed E-state index contributed by atoms with van der Waals surface area (Å²) >= 11 is 0. The van der Waals surface area contributed by atoms with E-state index >= 15 is 0 Å². The van der Waals surface area contributed by atoms with Crippen LogP contribution in [0, 0.1) is 5.82 Å². The van der Waals surface area contributed by atoms with Crippen LogP contribution in [-0.4, -0.2) is 38.1 Å². The molecule has 1 aromatic rings. The van der Waals surface area contributed by atoms with Crippen molar-refractivity contribution in [2.75, 3.05) is 26.9 Å². The predicted octanol–water partition coefficient (Wildman–Crippen LogP) is 2.06. The zero-order chi connectivity index (χ0) is 13.7. The van der Waals surface area contributed by atoms with Gasteiger partial charge in [-0.1, -0.05) is 0 Å². The summed E-state index contributed by atoms with van der Waals surface area (Å²) in [6.07, 6.45) is 1.02. The average molecular weight is 270 g/mol. The molecule has 1 aromatic carbocycles. The van der Waals surface area contributed by atoms with Crippen molar-refractivity contribution >= 4 is 0 Å². The van der Waals surface area contributed by atoms with E-state index in [2.05, 4.69) is 0 Å². The van der Waals surface area contributed by atoms with Gasteiger partial charge in [0.15, 0.2) is 0 Å². The van der Waals surface area contributed by atoms with Gasteiger partial charge in [-0.05, 0) is 31.0 Å². The second kappa shape index (κ2) is 6.84. The first-order chi connectivity index (χ1) is 9.24. The molecule has 0 bridgehead atoms. The van der Waals surface area contributed by atoms with Crippen LogP contribution in [-0.2, 0) is 9.47 Å². The van der Waals surface area contributed by atoms with Gasteiger partial charge >= 0.3 is 0 Å². The number of hydrogen-bond acceptors (Lipinski definition) is 4. The van der Waals surface area contributed by atoms with Crippen LogP contribution in [0.3, 0.4) is 0 Å². The molecule has 106 valence electrons. The maximum Gasteiger partial charge on any atom is 0.124 e. The van der Waals surface area contributed by atoms with Crippen molar-refractivity contribution in [2.45, 2.75) is 25.0 Å². The number of halogens is 1. The van der Waals surface area contributed by atoms with E-state index in [0.29, 0.717) is 24.5 Å². The first-order valence-electron chi connectivity index (χ1n) is 6.42. The number of ether oxygens (including phenoxy) is 3. The molecule has 1 heterocycles. The van der Waals surface area contributed by atoms with Crippen LogP contribution in [0.15, 0.2) is 18.2 Å². The molecular weight excluding hydrogens is 251 g/mol. The molecule has 19 heavy (non-hydrogen) atoms. The van der Waals surface area contributed by atoms with Gasteiger partial charge in [0.2, 0.25) is 0 Å². The molecule has 1 aliphatic heterocycles. The number of hydrogen-bond donors (Lipinski definition) is 1. The lowest BCUT2D eigenvalue weighted by molar-refractivity contribution is -0.0854. The molecule has 0 aromatic heterocycles. The van der Waals surface area contributed by atoms with E-state index in [1.807, 2.05) is 0 Å². The minimum Gasteiger partial charge on any atom is -0.496 e. The Bertz CT molecular complexity index is 404. The zero-order valence-electron chi connectivity index (χ0n) is 11.0. The fraction of sp³-hybridized carbons (Fsp3) is 0.571. The zero-order valence-corrected chi connectivity index (χ0v) is 11.0. The van der Waals surface area contributed by atoms with E-state index in [1.54, 1.807) is 6.07 Å². The number of benzene rings is 1. The van der Waals surface area contributed by atoms with Gasteiger partial charge in [-0.15, -0.1) is 0 Å². The van der Waals surface area contributed by atoms with Crippen LogP contribution in [0.2, 0.25) is 0 Å². The SMILES string of the molecule is COc1ccc(F)cc1C(CO)OC1CCOCC1. The Labute approximate surface area is 112 Å². The van der Waals surface area contributed by atoms with Gasteiger partial charge in [0.25, 0.3) is 0 Å². The molecule has 0 amide bonds. The summed E-state index contributed by atoms with van der Waals surface area (Å²) in [4.78, 5) is 0. The fourth-order valence-electron chi connectivity index (χ4n) is 2.22. The molecule has 2 rings (SSSR count). The standard InChI is InChI=1S/C14H19FO4/c1-17-13-3-2-10(15)8-12(13)14(9-16)19-11-4-6-18-7-5-11/h2-3,8,11,14,16H,4-7,9H2,1H3. The Morgan fingerprint density at radius 3 is 2.79 bits per heavy atom. The maximum atomic E-state index is 13.3. The average Bonchev–Trinajstić information content (AvgIpc) is 2.46. The topological polar surface area (TPSA) is 47.9 Å². The maximum absolute atomic E-state index is 13.3. The predicted molar refractivity (Wildman–Crippen MR) is 67.7 cm³/mol. The highest BCUT2D eigenvalue weighted by atomic mass is 19.1. The van der Waals surface area contributed by atoms with E-state index in [0.717, 1.165) is 12.8 Å². The molecule has 1 fully saturated rings. The lowest BCUT2D eigenvalue weighted by Gasteiger charge is -2.27. The highest BCUT2D eigenvalue weighted by molar-refractivity contribution is 5.35. The van der Waals surface area contributed by atoms with E-state index in [4.69, 9.17) is 14.2 Å². The third-order valence-electron chi connectivity index (χ3n) is 3.23. The molecule has 0 radical (unpaired) electrons. The van der Waals surface area contributed by atoms with Gasteiger partial charge in [0.05, 0.1) is 19.8 Å². The van der Waals surface area contributed by atoms with E-state index in [-0.39, 0.29) is 18.5 Å². The highest BCUT2D eigenvalue weighted by Crippen LogP contribution is 2.30. The van der Waals surface area contributed by atoms with Crippen molar-refractivity contribution in [2.24, 2.45) is 0 Å². The molecule has 1 N–H and O–H groups in total. The minimum absolute atomic E-state index is 0.0267. The first-order valence-corrected chi connectivity index (χ1v) is 6.42. The van der Waals surface area contributed by atoms with Gasteiger partial charge in [0.1, 0.15) is 17.7 Å². The van der Waals surface area contributed by atoms with E-state index in [9.17, 15) is 9.50 Å². The molecule has 1 saturated heterocycles. The van der Waals surface area contributed by atoms with E-state index in [1.165, 1.54) is 19.2 Å². The normalized spacial score (nSPS) is 18.3. The van der Waals surface area contributed by atoms with Crippen molar-refractivity contribution in [3.8, 4) is 5.75 Å². The minimum atomic E-state index is -0.575. The molecule has 0 saturated carbocycles. The Hall–Kier alpha value is -1.17. The molecule has 0 aliphatic carbocycles. The van der Waals surface area contributed by atoms with Crippen molar-refractivity contribution < 1.29 is 23.7 Å². The second-order valence-electron chi connectivity index (χ2n) is 4.51. The van der Waals surface area contributed by atoms with Crippen LogP contribution >= 0.6 is 0 Å². The Kier molecular flexibility index (Phi) is 5.13. The van der Waals surface area contributed by atoms with Crippen LogP contribution in [0.25, 0.3) is 0 Å². The van der Waals surface area contributed by atoms with Crippen LogP contribution in [0.5, 0.6) is 5.75 Å². The third kappa shape index (κ3) is 3.65. The summed E-state index contributed by atoms with van der Waals surface area (Å²) in [5.74, 6) is 0.150. The number of rotatable bonds is 5. The molecule has 4 nitrogen and oxygen atoms in total. The lowest BCUT2D eigenvalue weighted by atomic mass is 10.1. The van der Waals surface area contributed by atoms with Gasteiger partial charge in [-0.3, -0.25) is 0 Å². The van der Waals surface area contributed by atoms with Gasteiger partial charge in [-0.2, -0.15) is 0 Å². The van der Waals surface area contributed by atoms with Crippen LogP contribution in [0.1, 0.15) is 24.5 Å². The molecule has 1 unspecified atom stereocenters. The summed E-state index contributed by atoms with van der Waals surface area (Å²) in [6.45, 7) is 1.10. The van der Waals surface area contributed by atoms with Gasteiger partial charge < -0.3 is 19.3 Å². The Balaban J connectivity index is 2.13. The summed E-state index contributed by atoms with van der Waals surface area (Å²) in [5, 5.41) is 9.49. The first kappa shape index (κ1) is 14.2. The largest absolute Gasteiger partial charge is 0.496 e. The smallest absolute Gasteiger partial charge is 0.124 e. The van der Waals surface area contributed by atoms with Crippen molar-refractivity contribution in [1.29, 1.82) is 0 Å². The molecule has 0 spiro atoms. The lowest BCUT2D eigenvalue weighted by Crippen LogP contribution is -2.26. The fourth-order valence-corrected chi connectivity index (χ4v) is 2.22. The van der Waals surface area contributed by atoms with Crippen molar-refractivity contribution in [1.82, 2.24) is 0 Å². The molecule has 5 heteroatoms. The van der Waals surface area contributed by atoms with Gasteiger partial charge in [-0.25, -0.2) is 4.39 Å². The number of aliphatic hydroxyl groups excluding tert-OH is 1. The molecule has 1 atom stereocenters. The van der Waals surface area contributed by atoms with Crippen molar-refractivity contribution in [3.05, 3.63) is 29.6 Å². The molecule has 1 aliphatic rings. The summed E-state index contributed by atoms with van der Waals surface area (Å²) in [6, 6.07) is 4.21. The van der Waals surface area contributed by atoms with Crippen molar-refractivity contribution in [3.63, 3.8) is 0 Å². The summed E-state index contributed by atoms with van der Waals surface area (Å²) in [7, 11) is 1.51. The summed E-state index contributed by atoms with van der Waals surface area (Å²) < 4.78 is 29.6. The van der Waals surface area contributed by atoms with Crippen LogP contribution in [0.4, 0.5) is 4.39 Å². The number of aliphatic hydroxyl groups is 1. The Morgan fingerprint density at radius 2 is 2.16 bits per heavy atom. The third-order valence-corrected chi connectivity index (χ3v) is 3.23. The summed E-state index contributed by atoms with van der Waals surface area (Å²) in [5.41, 5.74) is 0.538. The van der Waals surface area contributed by atoms with Gasteiger partial charge in [0, 0.05) is 18.8 Å². The highest BCUT2D eigenvalue weighted by Gasteiger charge is 2.23. The molecular formula is C14H19FO4. The quantitative estimate of drug-likeness (QED) is 0.889. The second-order valence-corrected chi connectivity index (χ2v) is 4.51. The number of methoxy groups -OCH3 is 1. The van der Waals surface area contributed by atoms with E-state index < -0.39 is 6.10 Å².